The third kappa shape index (κ3) is 4.87. The highest BCUT2D eigenvalue weighted by Crippen LogP contribution is 2.24. The van der Waals surface area contributed by atoms with Crippen molar-refractivity contribution in [3.05, 3.63) is 0 Å². The van der Waals surface area contributed by atoms with Crippen molar-refractivity contribution in [1.82, 2.24) is 10.2 Å². The molecule has 1 atom stereocenters. The van der Waals surface area contributed by atoms with Crippen LogP contribution in [0.15, 0.2) is 0 Å². The Morgan fingerprint density at radius 3 is 2.39 bits per heavy atom. The zero-order chi connectivity index (χ0) is 13.6. The standard InChI is InChI=1S/C15H32N2O/c1-13(2)14-6-10-17(11-7-14)9-5-8-15(3,12-18)16-4/h13-14,16,18H,5-12H2,1-4H3. The Morgan fingerprint density at radius 1 is 1.33 bits per heavy atom. The molecule has 1 aliphatic rings. The predicted octanol–water partition coefficient (Wildman–Crippen LogP) is 2.10. The maximum atomic E-state index is 9.34. The Kier molecular flexibility index (Phi) is 6.61. The summed E-state index contributed by atoms with van der Waals surface area (Å²) < 4.78 is 0. The fourth-order valence-corrected chi connectivity index (χ4v) is 2.82. The Hall–Kier alpha value is -0.120. The lowest BCUT2D eigenvalue weighted by molar-refractivity contribution is 0.139. The van der Waals surface area contributed by atoms with Crippen LogP contribution in [0.3, 0.4) is 0 Å². The van der Waals surface area contributed by atoms with Gasteiger partial charge in [-0.25, -0.2) is 0 Å². The van der Waals surface area contributed by atoms with Crippen LogP contribution >= 0.6 is 0 Å². The van der Waals surface area contributed by atoms with Gasteiger partial charge in [-0.15, -0.1) is 0 Å². The number of likely N-dealkylation sites (tertiary alicyclic amines) is 1. The van der Waals surface area contributed by atoms with Gasteiger partial charge in [0.05, 0.1) is 6.61 Å². The molecule has 0 aromatic heterocycles. The van der Waals surface area contributed by atoms with Crippen LogP contribution in [-0.4, -0.2) is 48.8 Å². The normalized spacial score (nSPS) is 22.3. The molecule has 0 radical (unpaired) electrons. The number of likely N-dealkylation sites (N-methyl/N-ethyl adjacent to an activating group) is 1. The molecule has 1 heterocycles. The van der Waals surface area contributed by atoms with Crippen molar-refractivity contribution >= 4 is 0 Å². The molecule has 18 heavy (non-hydrogen) atoms. The molecule has 0 amide bonds. The third-order valence-corrected chi connectivity index (χ3v) is 4.73. The summed E-state index contributed by atoms with van der Waals surface area (Å²) in [6, 6.07) is 0. The van der Waals surface area contributed by atoms with Gasteiger partial charge in [0.2, 0.25) is 0 Å². The summed E-state index contributed by atoms with van der Waals surface area (Å²) in [5.74, 6) is 1.77. The summed E-state index contributed by atoms with van der Waals surface area (Å²) in [6.45, 7) is 10.7. The largest absolute Gasteiger partial charge is 0.394 e. The van der Waals surface area contributed by atoms with Gasteiger partial charge in [-0.2, -0.15) is 0 Å². The molecule has 0 spiro atoms. The van der Waals surface area contributed by atoms with Gasteiger partial charge in [0.25, 0.3) is 0 Å². The molecule has 3 heteroatoms. The zero-order valence-electron chi connectivity index (χ0n) is 12.7. The van der Waals surface area contributed by atoms with E-state index < -0.39 is 0 Å². The first-order valence-corrected chi connectivity index (χ1v) is 7.53. The van der Waals surface area contributed by atoms with Crippen LogP contribution in [0.5, 0.6) is 0 Å². The van der Waals surface area contributed by atoms with Gasteiger partial charge in [-0.3, -0.25) is 0 Å². The minimum absolute atomic E-state index is 0.101. The summed E-state index contributed by atoms with van der Waals surface area (Å²) in [4.78, 5) is 2.59. The van der Waals surface area contributed by atoms with E-state index in [0.29, 0.717) is 0 Å². The van der Waals surface area contributed by atoms with E-state index in [4.69, 9.17) is 0 Å². The number of nitrogens with one attached hydrogen (secondary N) is 1. The third-order valence-electron chi connectivity index (χ3n) is 4.73. The topological polar surface area (TPSA) is 35.5 Å². The molecule has 0 aliphatic carbocycles. The average Bonchev–Trinajstić information content (AvgIpc) is 2.39. The van der Waals surface area contributed by atoms with Crippen molar-refractivity contribution in [3.63, 3.8) is 0 Å². The number of rotatable bonds is 7. The quantitative estimate of drug-likeness (QED) is 0.732. The van der Waals surface area contributed by atoms with Crippen LogP contribution < -0.4 is 5.32 Å². The molecule has 1 rings (SSSR count). The van der Waals surface area contributed by atoms with E-state index in [1.54, 1.807) is 0 Å². The molecule has 0 saturated carbocycles. The lowest BCUT2D eigenvalue weighted by Crippen LogP contribution is -2.44. The van der Waals surface area contributed by atoms with Crippen LogP contribution in [0.2, 0.25) is 0 Å². The van der Waals surface area contributed by atoms with Crippen molar-refractivity contribution in [2.45, 2.75) is 52.0 Å². The Labute approximate surface area is 113 Å². The molecule has 1 unspecified atom stereocenters. The van der Waals surface area contributed by atoms with E-state index in [-0.39, 0.29) is 12.1 Å². The first-order chi connectivity index (χ1) is 8.50. The molecule has 1 aliphatic heterocycles. The second kappa shape index (κ2) is 7.46. The van der Waals surface area contributed by atoms with E-state index in [1.165, 1.54) is 38.9 Å². The van der Waals surface area contributed by atoms with E-state index in [2.05, 4.69) is 31.0 Å². The molecular weight excluding hydrogens is 224 g/mol. The highest BCUT2D eigenvalue weighted by Gasteiger charge is 2.23. The van der Waals surface area contributed by atoms with Crippen LogP contribution in [0.1, 0.15) is 46.5 Å². The first-order valence-electron chi connectivity index (χ1n) is 7.53. The van der Waals surface area contributed by atoms with Crippen molar-refractivity contribution in [2.24, 2.45) is 11.8 Å². The molecule has 0 bridgehead atoms. The number of hydrogen-bond acceptors (Lipinski definition) is 3. The van der Waals surface area contributed by atoms with E-state index >= 15 is 0 Å². The molecule has 1 saturated heterocycles. The van der Waals surface area contributed by atoms with Crippen LogP contribution in [0, 0.1) is 11.8 Å². The molecule has 0 aromatic carbocycles. The number of nitrogens with zero attached hydrogens (tertiary/aromatic N) is 1. The second-order valence-electron chi connectivity index (χ2n) is 6.50. The van der Waals surface area contributed by atoms with Crippen LogP contribution in [0.25, 0.3) is 0 Å². The van der Waals surface area contributed by atoms with Crippen molar-refractivity contribution in [1.29, 1.82) is 0 Å². The summed E-state index contributed by atoms with van der Waals surface area (Å²) in [5, 5.41) is 12.6. The Balaban J connectivity index is 2.18. The van der Waals surface area contributed by atoms with Crippen molar-refractivity contribution in [3.8, 4) is 0 Å². The number of piperidine rings is 1. The predicted molar refractivity (Wildman–Crippen MR) is 77.8 cm³/mol. The van der Waals surface area contributed by atoms with Crippen molar-refractivity contribution < 1.29 is 5.11 Å². The van der Waals surface area contributed by atoms with Gasteiger partial charge < -0.3 is 15.3 Å². The minimum Gasteiger partial charge on any atom is -0.394 e. The highest BCUT2D eigenvalue weighted by molar-refractivity contribution is 4.81. The van der Waals surface area contributed by atoms with Gasteiger partial charge in [0.1, 0.15) is 0 Å². The van der Waals surface area contributed by atoms with Gasteiger partial charge in [-0.1, -0.05) is 13.8 Å². The maximum absolute atomic E-state index is 9.34. The lowest BCUT2D eigenvalue weighted by Gasteiger charge is -2.34. The van der Waals surface area contributed by atoms with Gasteiger partial charge in [0.15, 0.2) is 0 Å². The molecule has 108 valence electrons. The number of hydrogen-bond donors (Lipinski definition) is 2. The maximum Gasteiger partial charge on any atom is 0.0610 e. The molecule has 3 nitrogen and oxygen atoms in total. The van der Waals surface area contributed by atoms with Gasteiger partial charge >= 0.3 is 0 Å². The summed E-state index contributed by atoms with van der Waals surface area (Å²) in [6.07, 6.45) is 4.94. The SMILES string of the molecule is CNC(C)(CO)CCCN1CCC(C(C)C)CC1. The number of aliphatic hydroxyl groups excluding tert-OH is 1. The zero-order valence-corrected chi connectivity index (χ0v) is 12.7. The summed E-state index contributed by atoms with van der Waals surface area (Å²) in [7, 11) is 1.93. The van der Waals surface area contributed by atoms with E-state index in [0.717, 1.165) is 18.3 Å². The van der Waals surface area contributed by atoms with Crippen molar-refractivity contribution in [2.75, 3.05) is 33.3 Å². The molecule has 0 aromatic rings. The molecule has 2 N–H and O–H groups in total. The van der Waals surface area contributed by atoms with E-state index in [9.17, 15) is 5.11 Å². The smallest absolute Gasteiger partial charge is 0.0610 e. The second-order valence-corrected chi connectivity index (χ2v) is 6.50. The monoisotopic (exact) mass is 256 g/mol. The Morgan fingerprint density at radius 2 is 1.94 bits per heavy atom. The fourth-order valence-electron chi connectivity index (χ4n) is 2.82. The molecular formula is C15H32N2O. The summed E-state index contributed by atoms with van der Waals surface area (Å²) >= 11 is 0. The Bertz CT molecular complexity index is 219. The van der Waals surface area contributed by atoms with Gasteiger partial charge in [-0.05, 0) is 71.1 Å². The molecule has 1 fully saturated rings. The summed E-state index contributed by atoms with van der Waals surface area (Å²) in [5.41, 5.74) is -0.101. The van der Waals surface area contributed by atoms with E-state index in [1.807, 2.05) is 7.05 Å². The fraction of sp³-hybridized carbons (Fsp3) is 1.00. The first kappa shape index (κ1) is 15.9. The van der Waals surface area contributed by atoms with Gasteiger partial charge in [0, 0.05) is 5.54 Å². The lowest BCUT2D eigenvalue weighted by atomic mass is 9.86. The average molecular weight is 256 g/mol. The number of aliphatic hydroxyl groups is 1. The van der Waals surface area contributed by atoms with Crippen LogP contribution in [-0.2, 0) is 0 Å². The van der Waals surface area contributed by atoms with Crippen LogP contribution in [0.4, 0.5) is 0 Å². The minimum atomic E-state index is -0.101. The highest BCUT2D eigenvalue weighted by atomic mass is 16.3.